The first kappa shape index (κ1) is 13.1. The van der Waals surface area contributed by atoms with Crippen molar-refractivity contribution in [1.82, 2.24) is 0 Å². The number of aliphatic hydroxyl groups excluding tert-OH is 2. The minimum Gasteiger partial charge on any atom is -0.479 e. The molecular formula is C4H6O6V. The van der Waals surface area contributed by atoms with E-state index < -0.39 is 24.1 Å². The quantitative estimate of drug-likeness (QED) is 0.414. The van der Waals surface area contributed by atoms with Crippen LogP contribution in [0.4, 0.5) is 0 Å². The van der Waals surface area contributed by atoms with Gasteiger partial charge in [-0.3, -0.25) is 0 Å². The van der Waals surface area contributed by atoms with E-state index in [-0.39, 0.29) is 18.6 Å². The molecule has 1 radical (unpaired) electrons. The second-order valence-electron chi connectivity index (χ2n) is 1.57. The van der Waals surface area contributed by atoms with Crippen LogP contribution >= 0.6 is 0 Å². The van der Waals surface area contributed by atoms with E-state index in [1.165, 1.54) is 0 Å². The summed E-state index contributed by atoms with van der Waals surface area (Å²) in [5.41, 5.74) is 0. The molecule has 0 bridgehead atoms. The molecule has 11 heavy (non-hydrogen) atoms. The molecule has 0 saturated carbocycles. The van der Waals surface area contributed by atoms with Gasteiger partial charge in [0.2, 0.25) is 0 Å². The SMILES string of the molecule is O=C(O)C(O)C(O)C(=O)O.[V]. The van der Waals surface area contributed by atoms with Crippen LogP contribution in [0.3, 0.4) is 0 Å². The fourth-order valence-corrected chi connectivity index (χ4v) is 0.270. The number of hydrogen-bond donors (Lipinski definition) is 4. The van der Waals surface area contributed by atoms with Crippen molar-refractivity contribution in [2.45, 2.75) is 12.2 Å². The molecular weight excluding hydrogens is 195 g/mol. The molecule has 0 fully saturated rings. The fourth-order valence-electron chi connectivity index (χ4n) is 0.270. The molecule has 2 atom stereocenters. The van der Waals surface area contributed by atoms with Crippen molar-refractivity contribution in [3.63, 3.8) is 0 Å². The summed E-state index contributed by atoms with van der Waals surface area (Å²) in [5, 5.41) is 32.5. The van der Waals surface area contributed by atoms with Gasteiger partial charge in [0.15, 0.2) is 12.2 Å². The minimum atomic E-state index is -2.27. The van der Waals surface area contributed by atoms with Crippen molar-refractivity contribution in [2.24, 2.45) is 0 Å². The third-order valence-electron chi connectivity index (χ3n) is 0.805. The molecule has 0 aliphatic rings. The number of carbonyl (C=O) groups is 2. The molecule has 0 aromatic carbocycles. The zero-order valence-corrected chi connectivity index (χ0v) is 6.60. The maximum Gasteiger partial charge on any atom is 0.335 e. The van der Waals surface area contributed by atoms with Crippen molar-refractivity contribution in [2.75, 3.05) is 0 Å². The number of carboxylic acid groups (broad SMARTS) is 2. The number of hydrogen-bond acceptors (Lipinski definition) is 4. The first-order valence-electron chi connectivity index (χ1n) is 2.28. The van der Waals surface area contributed by atoms with E-state index in [0.717, 1.165) is 0 Å². The van der Waals surface area contributed by atoms with E-state index in [0.29, 0.717) is 0 Å². The molecule has 0 aromatic heterocycles. The van der Waals surface area contributed by atoms with E-state index in [4.69, 9.17) is 20.4 Å². The zero-order valence-electron chi connectivity index (χ0n) is 5.21. The number of rotatable bonds is 3. The van der Waals surface area contributed by atoms with Gasteiger partial charge in [0.05, 0.1) is 0 Å². The third kappa shape index (κ3) is 4.00. The Morgan fingerprint density at radius 1 is 0.909 bits per heavy atom. The van der Waals surface area contributed by atoms with Gasteiger partial charge in [-0.25, -0.2) is 9.59 Å². The van der Waals surface area contributed by atoms with Crippen LogP contribution in [0, 0.1) is 0 Å². The van der Waals surface area contributed by atoms with Crippen molar-refractivity contribution in [3.05, 3.63) is 0 Å². The summed E-state index contributed by atoms with van der Waals surface area (Å²) in [7, 11) is 0. The molecule has 7 heteroatoms. The monoisotopic (exact) mass is 201 g/mol. The Kier molecular flexibility index (Phi) is 6.11. The largest absolute Gasteiger partial charge is 0.479 e. The summed E-state index contributed by atoms with van der Waals surface area (Å²) in [6.45, 7) is 0. The van der Waals surface area contributed by atoms with Crippen LogP contribution in [0.25, 0.3) is 0 Å². The number of carboxylic acids is 2. The maximum absolute atomic E-state index is 9.77. The molecule has 0 rings (SSSR count). The molecule has 0 aliphatic carbocycles. The van der Waals surface area contributed by atoms with Gasteiger partial charge >= 0.3 is 11.9 Å². The van der Waals surface area contributed by atoms with Crippen LogP contribution in [0.2, 0.25) is 0 Å². The smallest absolute Gasteiger partial charge is 0.335 e. The van der Waals surface area contributed by atoms with Gasteiger partial charge in [-0.2, -0.15) is 0 Å². The van der Waals surface area contributed by atoms with Crippen LogP contribution in [0.5, 0.6) is 0 Å². The van der Waals surface area contributed by atoms with Crippen LogP contribution in [-0.2, 0) is 28.1 Å². The number of aliphatic carboxylic acids is 2. The standard InChI is InChI=1S/C4H6O6.V/c5-1(3(7)8)2(6)4(9)10;/h1-2,5-6H,(H,7,8)(H,9,10);. The van der Waals surface area contributed by atoms with E-state index in [2.05, 4.69) is 0 Å². The van der Waals surface area contributed by atoms with Gasteiger partial charge in [0, 0.05) is 18.6 Å². The van der Waals surface area contributed by atoms with E-state index in [9.17, 15) is 9.59 Å². The Hall–Kier alpha value is -0.556. The van der Waals surface area contributed by atoms with E-state index in [1.807, 2.05) is 0 Å². The first-order chi connectivity index (χ1) is 4.46. The maximum atomic E-state index is 9.77. The van der Waals surface area contributed by atoms with Crippen LogP contribution < -0.4 is 0 Å². The molecule has 0 aliphatic heterocycles. The molecule has 6 nitrogen and oxygen atoms in total. The predicted molar refractivity (Wildman–Crippen MR) is 27.3 cm³/mol. The molecule has 0 saturated heterocycles. The van der Waals surface area contributed by atoms with Gasteiger partial charge < -0.3 is 20.4 Å². The Morgan fingerprint density at radius 2 is 1.09 bits per heavy atom. The Labute approximate surface area is 73.3 Å². The van der Waals surface area contributed by atoms with Crippen LogP contribution in [-0.4, -0.2) is 44.6 Å². The molecule has 0 heterocycles. The van der Waals surface area contributed by atoms with Gasteiger partial charge in [-0.05, 0) is 0 Å². The molecule has 2 unspecified atom stereocenters. The summed E-state index contributed by atoms with van der Waals surface area (Å²) < 4.78 is 0. The minimum absolute atomic E-state index is 0. The van der Waals surface area contributed by atoms with E-state index >= 15 is 0 Å². The molecule has 0 amide bonds. The van der Waals surface area contributed by atoms with Gasteiger partial charge in [-0.15, -0.1) is 0 Å². The fraction of sp³-hybridized carbons (Fsp3) is 0.500. The zero-order chi connectivity index (χ0) is 8.31. The topological polar surface area (TPSA) is 115 Å². The molecule has 4 N–H and O–H groups in total. The second-order valence-corrected chi connectivity index (χ2v) is 1.57. The van der Waals surface area contributed by atoms with Crippen molar-refractivity contribution < 1.29 is 48.6 Å². The Morgan fingerprint density at radius 3 is 1.18 bits per heavy atom. The van der Waals surface area contributed by atoms with Crippen molar-refractivity contribution in [1.29, 1.82) is 0 Å². The summed E-state index contributed by atoms with van der Waals surface area (Å²) in [6.07, 6.45) is -4.53. The van der Waals surface area contributed by atoms with Crippen molar-refractivity contribution >= 4 is 11.9 Å². The summed E-state index contributed by atoms with van der Waals surface area (Å²) in [5.74, 6) is -3.54. The normalized spacial score (nSPS) is 14.4. The predicted octanol–water partition coefficient (Wildman–Crippen LogP) is -2.13. The second kappa shape index (κ2) is 5.14. The van der Waals surface area contributed by atoms with Gasteiger partial charge in [-0.1, -0.05) is 0 Å². The van der Waals surface area contributed by atoms with E-state index in [1.54, 1.807) is 0 Å². The summed E-state index contributed by atoms with van der Waals surface area (Å²) in [6, 6.07) is 0. The average Bonchev–Trinajstić information content (AvgIpc) is 1.84. The van der Waals surface area contributed by atoms with Crippen LogP contribution in [0.15, 0.2) is 0 Å². The molecule has 0 spiro atoms. The molecule has 0 aromatic rings. The first-order valence-corrected chi connectivity index (χ1v) is 2.28. The average molecular weight is 201 g/mol. The number of aliphatic hydroxyl groups is 2. The Bertz CT molecular complexity index is 139. The third-order valence-corrected chi connectivity index (χ3v) is 0.805. The Balaban J connectivity index is 0. The van der Waals surface area contributed by atoms with Gasteiger partial charge in [0.25, 0.3) is 0 Å². The summed E-state index contributed by atoms with van der Waals surface area (Å²) >= 11 is 0. The van der Waals surface area contributed by atoms with Gasteiger partial charge in [0.1, 0.15) is 0 Å². The molecule has 63 valence electrons. The van der Waals surface area contributed by atoms with Crippen molar-refractivity contribution in [3.8, 4) is 0 Å². The van der Waals surface area contributed by atoms with Crippen LogP contribution in [0.1, 0.15) is 0 Å². The summed E-state index contributed by atoms with van der Waals surface area (Å²) in [4.78, 5) is 19.5.